The van der Waals surface area contributed by atoms with Crippen molar-refractivity contribution in [2.45, 2.75) is 56.2 Å². The van der Waals surface area contributed by atoms with Gasteiger partial charge in [0.05, 0.1) is 6.54 Å². The lowest BCUT2D eigenvalue weighted by Crippen LogP contribution is -2.50. The smallest absolute Gasteiger partial charge is 0.156 e. The number of nitrogens with one attached hydrogen (secondary N) is 1. The lowest BCUT2D eigenvalue weighted by atomic mass is 9.96. The van der Waals surface area contributed by atoms with E-state index in [9.17, 15) is 0 Å². The van der Waals surface area contributed by atoms with Crippen LogP contribution in [0.3, 0.4) is 0 Å². The van der Waals surface area contributed by atoms with Crippen LogP contribution in [0.2, 0.25) is 0 Å². The fraction of sp³-hybridized carbons (Fsp3) is 0.929. The molecule has 1 aliphatic heterocycles. The molecule has 0 aromatic rings. The van der Waals surface area contributed by atoms with Crippen LogP contribution >= 0.6 is 11.8 Å². The molecule has 1 N–H and O–H groups in total. The first-order chi connectivity index (χ1) is 8.66. The van der Waals surface area contributed by atoms with E-state index in [-0.39, 0.29) is 0 Å². The van der Waals surface area contributed by atoms with Crippen LogP contribution in [-0.4, -0.2) is 48.0 Å². The summed E-state index contributed by atoms with van der Waals surface area (Å²) in [5, 5.41) is 5.51. The van der Waals surface area contributed by atoms with Gasteiger partial charge in [-0.25, -0.2) is 0 Å². The second kappa shape index (κ2) is 6.29. The molecular weight excluding hydrogens is 242 g/mol. The largest absolute Gasteiger partial charge is 0.363 e. The summed E-state index contributed by atoms with van der Waals surface area (Å²) in [5.74, 6) is 0. The van der Waals surface area contributed by atoms with E-state index in [1.807, 2.05) is 11.8 Å². The molecule has 0 aromatic carbocycles. The van der Waals surface area contributed by atoms with Crippen molar-refractivity contribution in [3.05, 3.63) is 0 Å². The number of amidine groups is 1. The Labute approximate surface area is 116 Å². The molecule has 1 saturated carbocycles. The summed E-state index contributed by atoms with van der Waals surface area (Å²) >= 11 is 1.95. The number of likely N-dealkylation sites (N-methyl/N-ethyl adjacent to an activating group) is 1. The fourth-order valence-electron chi connectivity index (χ4n) is 3.04. The Morgan fingerprint density at radius 1 is 1.39 bits per heavy atom. The molecule has 1 fully saturated rings. The van der Waals surface area contributed by atoms with E-state index in [2.05, 4.69) is 36.2 Å². The molecule has 0 aromatic heterocycles. The predicted octanol–water partition coefficient (Wildman–Crippen LogP) is 2.72. The van der Waals surface area contributed by atoms with E-state index in [1.54, 1.807) is 0 Å². The third-order valence-corrected chi connectivity index (χ3v) is 5.59. The maximum atomic E-state index is 4.64. The molecule has 104 valence electrons. The molecule has 1 heterocycles. The molecule has 0 radical (unpaired) electrons. The minimum absolute atomic E-state index is 0.367. The number of hydrogen-bond acceptors (Lipinski definition) is 4. The maximum absolute atomic E-state index is 4.64. The van der Waals surface area contributed by atoms with Gasteiger partial charge >= 0.3 is 0 Å². The Morgan fingerprint density at radius 3 is 2.72 bits per heavy atom. The molecule has 2 rings (SSSR count). The van der Waals surface area contributed by atoms with Crippen LogP contribution in [0.15, 0.2) is 4.99 Å². The topological polar surface area (TPSA) is 27.6 Å². The Morgan fingerprint density at radius 2 is 2.11 bits per heavy atom. The molecule has 1 atom stereocenters. The Kier molecular flexibility index (Phi) is 4.96. The maximum Gasteiger partial charge on any atom is 0.156 e. The summed E-state index contributed by atoms with van der Waals surface area (Å²) < 4.78 is 0. The minimum atomic E-state index is 0.367. The third kappa shape index (κ3) is 3.21. The predicted molar refractivity (Wildman–Crippen MR) is 81.5 cm³/mol. The second-order valence-electron chi connectivity index (χ2n) is 5.85. The standard InChI is InChI=1S/C14H27N3S/c1-4-7-12-10-15-13(18-12)16-11-14(17(2)3)8-5-6-9-14/h12H,4-11H2,1-3H3,(H,15,16). The molecule has 4 heteroatoms. The van der Waals surface area contributed by atoms with Gasteiger partial charge in [-0.05, 0) is 33.4 Å². The number of hydrogen-bond donors (Lipinski definition) is 1. The van der Waals surface area contributed by atoms with Crippen molar-refractivity contribution in [3.63, 3.8) is 0 Å². The van der Waals surface area contributed by atoms with Crippen LogP contribution in [-0.2, 0) is 0 Å². The number of nitrogens with zero attached hydrogens (tertiary/aromatic N) is 2. The lowest BCUT2D eigenvalue weighted by molar-refractivity contribution is 0.161. The summed E-state index contributed by atoms with van der Waals surface area (Å²) in [6.45, 7) is 4.33. The van der Waals surface area contributed by atoms with E-state index in [0.29, 0.717) is 5.54 Å². The van der Waals surface area contributed by atoms with Crippen molar-refractivity contribution in [2.75, 3.05) is 27.2 Å². The fourth-order valence-corrected chi connectivity index (χ4v) is 4.17. The first-order valence-electron chi connectivity index (χ1n) is 7.29. The summed E-state index contributed by atoms with van der Waals surface area (Å²) in [6.07, 6.45) is 7.95. The van der Waals surface area contributed by atoms with E-state index in [1.165, 1.54) is 43.7 Å². The highest BCUT2D eigenvalue weighted by molar-refractivity contribution is 8.14. The van der Waals surface area contributed by atoms with Crippen molar-refractivity contribution >= 4 is 16.9 Å². The monoisotopic (exact) mass is 269 g/mol. The highest BCUT2D eigenvalue weighted by Gasteiger charge is 2.36. The van der Waals surface area contributed by atoms with Crippen LogP contribution in [0.5, 0.6) is 0 Å². The average Bonchev–Trinajstić information content (AvgIpc) is 2.96. The summed E-state index contributed by atoms with van der Waals surface area (Å²) in [7, 11) is 4.44. The second-order valence-corrected chi connectivity index (χ2v) is 7.14. The van der Waals surface area contributed by atoms with Crippen LogP contribution < -0.4 is 5.32 Å². The van der Waals surface area contributed by atoms with E-state index >= 15 is 0 Å². The zero-order valence-corrected chi connectivity index (χ0v) is 12.9. The van der Waals surface area contributed by atoms with Crippen molar-refractivity contribution in [1.29, 1.82) is 0 Å². The molecule has 1 aliphatic carbocycles. The normalized spacial score (nSPS) is 26.7. The quantitative estimate of drug-likeness (QED) is 0.831. The lowest BCUT2D eigenvalue weighted by Gasteiger charge is -2.36. The zero-order chi connectivity index (χ0) is 13.0. The van der Waals surface area contributed by atoms with Crippen molar-refractivity contribution in [1.82, 2.24) is 10.2 Å². The molecule has 0 spiro atoms. The van der Waals surface area contributed by atoms with Crippen molar-refractivity contribution in [2.24, 2.45) is 4.99 Å². The summed E-state index contributed by atoms with van der Waals surface area (Å²) in [5.41, 5.74) is 0.367. The Bertz CT molecular complexity index is 295. The van der Waals surface area contributed by atoms with E-state index in [4.69, 9.17) is 0 Å². The van der Waals surface area contributed by atoms with Gasteiger partial charge in [-0.15, -0.1) is 0 Å². The van der Waals surface area contributed by atoms with Gasteiger partial charge in [-0.1, -0.05) is 37.9 Å². The van der Waals surface area contributed by atoms with Gasteiger partial charge in [-0.2, -0.15) is 0 Å². The molecule has 0 amide bonds. The zero-order valence-electron chi connectivity index (χ0n) is 12.0. The van der Waals surface area contributed by atoms with Crippen molar-refractivity contribution < 1.29 is 0 Å². The molecule has 0 saturated heterocycles. The van der Waals surface area contributed by atoms with E-state index < -0.39 is 0 Å². The third-order valence-electron chi connectivity index (χ3n) is 4.38. The van der Waals surface area contributed by atoms with Gasteiger partial charge in [0.2, 0.25) is 0 Å². The first kappa shape index (κ1) is 14.2. The number of aliphatic imine (C=N–C) groups is 1. The Hall–Kier alpha value is -0.220. The SMILES string of the molecule is CCCC1CN=C(NCC2(N(C)C)CCCC2)S1. The molecule has 1 unspecified atom stereocenters. The van der Waals surface area contributed by atoms with Gasteiger partial charge in [0.25, 0.3) is 0 Å². The van der Waals surface area contributed by atoms with E-state index in [0.717, 1.165) is 18.3 Å². The summed E-state index contributed by atoms with van der Waals surface area (Å²) in [6, 6.07) is 0. The van der Waals surface area contributed by atoms with Gasteiger partial charge in [-0.3, -0.25) is 4.99 Å². The summed E-state index contributed by atoms with van der Waals surface area (Å²) in [4.78, 5) is 7.05. The van der Waals surface area contributed by atoms with Crippen LogP contribution in [0, 0.1) is 0 Å². The number of thioether (sulfide) groups is 1. The highest BCUT2D eigenvalue weighted by Crippen LogP contribution is 2.33. The average molecular weight is 269 g/mol. The molecule has 3 nitrogen and oxygen atoms in total. The number of rotatable bonds is 5. The molecule has 18 heavy (non-hydrogen) atoms. The minimum Gasteiger partial charge on any atom is -0.363 e. The van der Waals surface area contributed by atoms with Gasteiger partial charge in [0.15, 0.2) is 5.17 Å². The van der Waals surface area contributed by atoms with Gasteiger partial charge < -0.3 is 10.2 Å². The molecular formula is C14H27N3S. The van der Waals surface area contributed by atoms with Gasteiger partial charge in [0, 0.05) is 17.3 Å². The van der Waals surface area contributed by atoms with Crippen molar-refractivity contribution in [3.8, 4) is 0 Å². The van der Waals surface area contributed by atoms with Gasteiger partial charge in [0.1, 0.15) is 0 Å². The van der Waals surface area contributed by atoms with Crippen LogP contribution in [0.1, 0.15) is 45.4 Å². The molecule has 2 aliphatic rings. The molecule has 0 bridgehead atoms. The highest BCUT2D eigenvalue weighted by atomic mass is 32.2. The first-order valence-corrected chi connectivity index (χ1v) is 8.17. The van der Waals surface area contributed by atoms with Crippen LogP contribution in [0.25, 0.3) is 0 Å². The Balaban J connectivity index is 1.81. The van der Waals surface area contributed by atoms with Crippen LogP contribution in [0.4, 0.5) is 0 Å².